The van der Waals surface area contributed by atoms with Crippen molar-refractivity contribution in [3.63, 3.8) is 0 Å². The number of carbonyl (C=O) groups is 2. The predicted molar refractivity (Wildman–Crippen MR) is 112 cm³/mol. The van der Waals surface area contributed by atoms with Crippen LogP contribution in [0.2, 0.25) is 0 Å². The van der Waals surface area contributed by atoms with E-state index < -0.39 is 11.8 Å². The van der Waals surface area contributed by atoms with Crippen LogP contribution in [0.4, 0.5) is 4.39 Å². The molecule has 0 aliphatic heterocycles. The van der Waals surface area contributed by atoms with Crippen molar-refractivity contribution in [2.75, 3.05) is 0 Å². The Bertz CT molecular complexity index is 1160. The quantitative estimate of drug-likeness (QED) is 0.448. The molecule has 0 spiro atoms. The van der Waals surface area contributed by atoms with Crippen molar-refractivity contribution >= 4 is 33.3 Å². The van der Waals surface area contributed by atoms with E-state index in [2.05, 4.69) is 4.98 Å². The molecule has 1 aliphatic carbocycles. The molecule has 0 amide bonds. The summed E-state index contributed by atoms with van der Waals surface area (Å²) in [6.07, 6.45) is 6.23. The number of benzene rings is 1. The van der Waals surface area contributed by atoms with Gasteiger partial charge in [-0.05, 0) is 62.4 Å². The van der Waals surface area contributed by atoms with Gasteiger partial charge in [-0.3, -0.25) is 14.2 Å². The van der Waals surface area contributed by atoms with Crippen molar-refractivity contribution in [2.24, 2.45) is 0 Å². The largest absolute Gasteiger partial charge is 0.458 e. The van der Waals surface area contributed by atoms with Crippen molar-refractivity contribution in [1.29, 1.82) is 0 Å². The van der Waals surface area contributed by atoms with Gasteiger partial charge < -0.3 is 4.74 Å². The van der Waals surface area contributed by atoms with Gasteiger partial charge in [-0.2, -0.15) is 0 Å². The Hall–Kier alpha value is -2.87. The fourth-order valence-corrected chi connectivity index (χ4v) is 4.76. The molecule has 1 saturated carbocycles. The molecule has 1 aromatic carbocycles. The van der Waals surface area contributed by atoms with Crippen molar-refractivity contribution in [3.8, 4) is 0 Å². The number of Topliss-reactive ketones (excluding diaryl/α,β-unsaturated/α-hetero) is 1. The molecule has 1 fully saturated rings. The highest BCUT2D eigenvalue weighted by Gasteiger charge is 2.24. The molecule has 2 aromatic heterocycles. The third kappa shape index (κ3) is 4.05. The van der Waals surface area contributed by atoms with E-state index in [0.29, 0.717) is 26.2 Å². The Balaban J connectivity index is 1.60. The van der Waals surface area contributed by atoms with Gasteiger partial charge in [-0.25, -0.2) is 14.2 Å². The predicted octanol–water partition coefficient (Wildman–Crippen LogP) is 4.28. The van der Waals surface area contributed by atoms with E-state index in [1.807, 2.05) is 0 Å². The maximum atomic E-state index is 13.1. The number of carbonyl (C=O) groups excluding carboxylic acids is 2. The zero-order valence-electron chi connectivity index (χ0n) is 16.5. The second-order valence-corrected chi connectivity index (χ2v) is 8.51. The maximum Gasteiger partial charge on any atom is 0.348 e. The van der Waals surface area contributed by atoms with E-state index in [4.69, 9.17) is 4.74 Å². The molecular weight excluding hydrogens is 407 g/mol. The lowest BCUT2D eigenvalue weighted by Crippen LogP contribution is -2.25. The topological polar surface area (TPSA) is 78.3 Å². The highest BCUT2D eigenvalue weighted by Crippen LogP contribution is 2.29. The molecule has 156 valence electrons. The van der Waals surface area contributed by atoms with E-state index in [1.165, 1.54) is 35.2 Å². The summed E-state index contributed by atoms with van der Waals surface area (Å²) in [4.78, 5) is 43.2. The molecule has 0 N–H and O–H groups in total. The van der Waals surface area contributed by atoms with E-state index in [0.717, 1.165) is 43.4 Å². The van der Waals surface area contributed by atoms with E-state index in [9.17, 15) is 18.8 Å². The Labute approximate surface area is 176 Å². The fourth-order valence-electron chi connectivity index (χ4n) is 3.74. The molecule has 0 atom stereocenters. The number of fused-ring (bicyclic) bond motifs is 1. The molecule has 30 heavy (non-hydrogen) atoms. The van der Waals surface area contributed by atoms with Crippen LogP contribution in [0.1, 0.15) is 57.7 Å². The third-order valence-electron chi connectivity index (χ3n) is 5.41. The van der Waals surface area contributed by atoms with E-state index in [1.54, 1.807) is 6.92 Å². The monoisotopic (exact) mass is 428 g/mol. The molecule has 6 nitrogen and oxygen atoms in total. The first-order chi connectivity index (χ1) is 14.4. The fraction of sp³-hybridized carbons (Fsp3) is 0.364. The number of hydrogen-bond donors (Lipinski definition) is 0. The number of hydrogen-bond acceptors (Lipinski definition) is 6. The van der Waals surface area contributed by atoms with Crippen molar-refractivity contribution in [1.82, 2.24) is 9.55 Å². The van der Waals surface area contributed by atoms with Gasteiger partial charge in [0.1, 0.15) is 21.6 Å². The molecular formula is C22H21FN2O4S. The summed E-state index contributed by atoms with van der Waals surface area (Å²) in [6, 6.07) is 5.16. The standard InChI is InChI=1S/C22H21FN2O4S/c1-13-18-20(30-19(13)22(28)29-16-5-3-2-4-6-16)24-12-25(21(18)27)11-17(26)14-7-9-15(23)10-8-14/h7-10,12,16H,2-6,11H2,1H3. The maximum absolute atomic E-state index is 13.1. The molecule has 0 saturated heterocycles. The number of ketones is 1. The molecule has 0 radical (unpaired) electrons. The van der Waals surface area contributed by atoms with Gasteiger partial charge in [0.2, 0.25) is 0 Å². The van der Waals surface area contributed by atoms with Gasteiger partial charge in [0.25, 0.3) is 5.56 Å². The summed E-state index contributed by atoms with van der Waals surface area (Å²) >= 11 is 1.13. The minimum absolute atomic E-state index is 0.0752. The number of ether oxygens (including phenoxy) is 1. The number of aromatic nitrogens is 2. The normalized spacial score (nSPS) is 14.7. The van der Waals surface area contributed by atoms with E-state index >= 15 is 0 Å². The number of esters is 1. The summed E-state index contributed by atoms with van der Waals surface area (Å²) in [5.41, 5.74) is 0.444. The molecule has 2 heterocycles. The highest BCUT2D eigenvalue weighted by molar-refractivity contribution is 7.20. The molecule has 0 unspecified atom stereocenters. The smallest absolute Gasteiger partial charge is 0.348 e. The van der Waals surface area contributed by atoms with Crippen LogP contribution < -0.4 is 5.56 Å². The van der Waals surface area contributed by atoms with Gasteiger partial charge in [0.05, 0.1) is 18.3 Å². The number of halogens is 1. The zero-order chi connectivity index (χ0) is 21.3. The molecule has 0 bridgehead atoms. The Morgan fingerprint density at radius 1 is 1.20 bits per heavy atom. The summed E-state index contributed by atoms with van der Waals surface area (Å²) in [6.45, 7) is 1.48. The van der Waals surface area contributed by atoms with Gasteiger partial charge in [-0.15, -0.1) is 11.3 Å². The lowest BCUT2D eigenvalue weighted by Gasteiger charge is -2.21. The Kier molecular flexibility index (Phi) is 5.76. The first kappa shape index (κ1) is 20.4. The molecule has 3 aromatic rings. The van der Waals surface area contributed by atoms with Crippen molar-refractivity contribution < 1.29 is 18.7 Å². The lowest BCUT2D eigenvalue weighted by molar-refractivity contribution is 0.0216. The Morgan fingerprint density at radius 2 is 1.90 bits per heavy atom. The third-order valence-corrected chi connectivity index (χ3v) is 6.59. The van der Waals surface area contributed by atoms with Crippen molar-refractivity contribution in [2.45, 2.75) is 51.7 Å². The summed E-state index contributed by atoms with van der Waals surface area (Å²) in [5, 5.41) is 0.324. The second kappa shape index (κ2) is 8.47. The highest BCUT2D eigenvalue weighted by atomic mass is 32.1. The van der Waals surface area contributed by atoms with Crippen molar-refractivity contribution in [3.05, 3.63) is 62.8 Å². The van der Waals surface area contributed by atoms with Crippen LogP contribution in [0.5, 0.6) is 0 Å². The number of aryl methyl sites for hydroxylation is 1. The SMILES string of the molecule is Cc1c(C(=O)OC2CCCCC2)sc2ncn(CC(=O)c3ccc(F)cc3)c(=O)c12. The minimum Gasteiger partial charge on any atom is -0.458 e. The molecule has 4 rings (SSSR count). The first-order valence-corrected chi connectivity index (χ1v) is 10.7. The van der Waals surface area contributed by atoms with Crippen LogP contribution in [0.3, 0.4) is 0 Å². The van der Waals surface area contributed by atoms with Crippen LogP contribution in [-0.2, 0) is 11.3 Å². The zero-order valence-corrected chi connectivity index (χ0v) is 17.3. The van der Waals surface area contributed by atoms with Crippen LogP contribution in [0, 0.1) is 12.7 Å². The van der Waals surface area contributed by atoms with Crippen LogP contribution in [-0.4, -0.2) is 27.4 Å². The second-order valence-electron chi connectivity index (χ2n) is 7.51. The van der Waals surface area contributed by atoms with E-state index in [-0.39, 0.29) is 24.0 Å². The van der Waals surface area contributed by atoms with Gasteiger partial charge in [0.15, 0.2) is 5.78 Å². The van der Waals surface area contributed by atoms with Gasteiger partial charge in [0, 0.05) is 5.56 Å². The average Bonchev–Trinajstić information content (AvgIpc) is 3.08. The number of nitrogens with zero attached hydrogens (tertiary/aromatic N) is 2. The Morgan fingerprint density at radius 3 is 2.60 bits per heavy atom. The summed E-state index contributed by atoms with van der Waals surface area (Å²) in [7, 11) is 0. The lowest BCUT2D eigenvalue weighted by atomic mass is 9.98. The minimum atomic E-state index is -0.437. The molecule has 1 aliphatic rings. The van der Waals surface area contributed by atoms with Crippen LogP contribution in [0.15, 0.2) is 35.4 Å². The average molecular weight is 428 g/mol. The van der Waals surface area contributed by atoms with Gasteiger partial charge >= 0.3 is 5.97 Å². The summed E-state index contributed by atoms with van der Waals surface area (Å²) < 4.78 is 19.9. The number of thiophene rings is 1. The van der Waals surface area contributed by atoms with Gasteiger partial charge in [-0.1, -0.05) is 6.42 Å². The summed E-state index contributed by atoms with van der Waals surface area (Å²) in [5.74, 6) is -1.19. The van der Waals surface area contributed by atoms with Crippen LogP contribution in [0.25, 0.3) is 10.2 Å². The number of rotatable bonds is 5. The first-order valence-electron chi connectivity index (χ1n) is 9.92. The van der Waals surface area contributed by atoms with Crippen LogP contribution >= 0.6 is 11.3 Å². The molecule has 8 heteroatoms.